The minimum atomic E-state index is -0.597. The van der Waals surface area contributed by atoms with Gasteiger partial charge in [-0.15, -0.1) is 6.42 Å². The number of hydrogen-bond acceptors (Lipinski definition) is 6. The van der Waals surface area contributed by atoms with E-state index in [-0.39, 0.29) is 17.8 Å². The van der Waals surface area contributed by atoms with Gasteiger partial charge in [-0.05, 0) is 6.07 Å². The van der Waals surface area contributed by atoms with Crippen LogP contribution in [0.25, 0.3) is 10.2 Å². The maximum absolute atomic E-state index is 12.6. The molecule has 1 heterocycles. The number of hydrogen-bond donors (Lipinski definition) is 0. The van der Waals surface area contributed by atoms with Crippen molar-refractivity contribution >= 4 is 33.1 Å². The number of rotatable bonds is 5. The summed E-state index contributed by atoms with van der Waals surface area (Å²) in [5.41, 5.74) is 0.684. The molecule has 3 aromatic rings. The highest BCUT2D eigenvalue weighted by Crippen LogP contribution is 2.33. The monoisotopic (exact) mass is 397 g/mol. The molecule has 0 unspecified atom stereocenters. The van der Waals surface area contributed by atoms with Gasteiger partial charge in [0.25, 0.3) is 11.6 Å². The van der Waals surface area contributed by atoms with Gasteiger partial charge in [0.05, 0.1) is 35.9 Å². The van der Waals surface area contributed by atoms with Crippen LogP contribution in [0.1, 0.15) is 10.4 Å². The summed E-state index contributed by atoms with van der Waals surface area (Å²) in [6, 6.07) is 8.96. The van der Waals surface area contributed by atoms with E-state index in [0.29, 0.717) is 16.3 Å². The number of thiazole rings is 1. The van der Waals surface area contributed by atoms with Gasteiger partial charge < -0.3 is 14.0 Å². The van der Waals surface area contributed by atoms with Crippen molar-refractivity contribution in [3.05, 3.63) is 56.9 Å². The van der Waals surface area contributed by atoms with Gasteiger partial charge >= 0.3 is 0 Å². The average Bonchev–Trinajstić information content (AvgIpc) is 3.03. The average molecular weight is 397 g/mol. The van der Waals surface area contributed by atoms with Crippen molar-refractivity contribution in [2.24, 2.45) is 4.99 Å². The molecule has 0 aliphatic rings. The summed E-state index contributed by atoms with van der Waals surface area (Å²) >= 11 is 1.26. The molecule has 0 aliphatic carbocycles. The van der Waals surface area contributed by atoms with Gasteiger partial charge in [0, 0.05) is 29.8 Å². The van der Waals surface area contributed by atoms with E-state index in [1.54, 1.807) is 16.7 Å². The molecule has 1 amide bonds. The molecule has 0 saturated heterocycles. The molecule has 8 nitrogen and oxygen atoms in total. The Labute approximate surface area is 163 Å². The molecule has 0 fully saturated rings. The van der Waals surface area contributed by atoms with Crippen LogP contribution in [-0.4, -0.2) is 29.6 Å². The Morgan fingerprint density at radius 2 is 2.00 bits per heavy atom. The quantitative estimate of drug-likeness (QED) is 0.375. The summed E-state index contributed by atoms with van der Waals surface area (Å²) in [6.45, 7) is 0.191. The van der Waals surface area contributed by atoms with Crippen LogP contribution in [0.3, 0.4) is 0 Å². The number of nitro groups is 1. The Hall–Kier alpha value is -3.64. The molecule has 0 saturated carbocycles. The van der Waals surface area contributed by atoms with E-state index < -0.39 is 10.8 Å². The highest BCUT2D eigenvalue weighted by atomic mass is 32.1. The molecule has 0 bridgehead atoms. The summed E-state index contributed by atoms with van der Waals surface area (Å²) in [7, 11) is 3.06. The molecule has 142 valence electrons. The highest BCUT2D eigenvalue weighted by molar-refractivity contribution is 7.16. The lowest BCUT2D eigenvalue weighted by atomic mass is 10.2. The van der Waals surface area contributed by atoms with E-state index in [2.05, 4.69) is 10.9 Å². The zero-order valence-electron chi connectivity index (χ0n) is 15.0. The third kappa shape index (κ3) is 3.58. The molecule has 1 aromatic heterocycles. The van der Waals surface area contributed by atoms with Crippen molar-refractivity contribution < 1.29 is 19.2 Å². The zero-order valence-corrected chi connectivity index (χ0v) is 15.9. The fourth-order valence-corrected chi connectivity index (χ4v) is 3.67. The topological polar surface area (TPSA) is 96.0 Å². The molecule has 0 radical (unpaired) electrons. The highest BCUT2D eigenvalue weighted by Gasteiger charge is 2.15. The van der Waals surface area contributed by atoms with E-state index in [1.807, 2.05) is 0 Å². The van der Waals surface area contributed by atoms with Crippen molar-refractivity contribution in [3.63, 3.8) is 0 Å². The van der Waals surface area contributed by atoms with Gasteiger partial charge in [0.2, 0.25) is 0 Å². The van der Waals surface area contributed by atoms with Gasteiger partial charge in [-0.25, -0.2) is 0 Å². The number of non-ortho nitro benzene ring substituents is 1. The number of nitrogens with zero attached hydrogens (tertiary/aromatic N) is 3. The number of nitro benzene ring substituents is 1. The minimum absolute atomic E-state index is 0.120. The number of aromatic nitrogens is 1. The Bertz CT molecular complexity index is 1190. The van der Waals surface area contributed by atoms with Gasteiger partial charge in [0.15, 0.2) is 16.3 Å². The summed E-state index contributed by atoms with van der Waals surface area (Å²) in [4.78, 5) is 27.5. The third-order valence-electron chi connectivity index (χ3n) is 3.94. The predicted octanol–water partition coefficient (Wildman–Crippen LogP) is 3.00. The number of methoxy groups -OCH3 is 2. The van der Waals surface area contributed by atoms with E-state index in [4.69, 9.17) is 15.9 Å². The molecule has 9 heteroatoms. The standard InChI is InChI=1S/C19H15N3O5S/c1-4-8-21-14-10-15(26-2)16(27-3)11-17(14)28-19(21)20-18(23)12-6-5-7-13(9-12)22(24)25/h1,5-7,9-11H,8H2,2-3H3. The Balaban J connectivity index is 2.17. The first kappa shape index (κ1) is 19.1. The Kier molecular flexibility index (Phi) is 5.42. The lowest BCUT2D eigenvalue weighted by molar-refractivity contribution is -0.384. The number of benzene rings is 2. The molecular weight excluding hydrogens is 382 g/mol. The van der Waals surface area contributed by atoms with Gasteiger partial charge in [0.1, 0.15) is 0 Å². The molecule has 0 atom stereocenters. The van der Waals surface area contributed by atoms with Crippen LogP contribution in [-0.2, 0) is 6.54 Å². The van der Waals surface area contributed by atoms with Crippen LogP contribution < -0.4 is 14.3 Å². The van der Waals surface area contributed by atoms with Gasteiger partial charge in [-0.3, -0.25) is 14.9 Å². The van der Waals surface area contributed by atoms with Crippen LogP contribution in [0.5, 0.6) is 11.5 Å². The van der Waals surface area contributed by atoms with Crippen molar-refractivity contribution in [2.75, 3.05) is 14.2 Å². The first-order chi connectivity index (χ1) is 13.5. The normalized spacial score (nSPS) is 11.2. The second-order valence-corrected chi connectivity index (χ2v) is 6.58. The smallest absolute Gasteiger partial charge is 0.279 e. The number of carbonyl (C=O) groups excluding carboxylic acids is 1. The summed E-state index contributed by atoms with van der Waals surface area (Å²) in [6.07, 6.45) is 5.48. The van der Waals surface area contributed by atoms with Crippen molar-refractivity contribution in [2.45, 2.75) is 6.54 Å². The van der Waals surface area contributed by atoms with Crippen molar-refractivity contribution in [1.29, 1.82) is 0 Å². The van der Waals surface area contributed by atoms with E-state index >= 15 is 0 Å². The second kappa shape index (κ2) is 7.94. The largest absolute Gasteiger partial charge is 0.493 e. The first-order valence-electron chi connectivity index (χ1n) is 8.00. The number of carbonyl (C=O) groups is 1. The second-order valence-electron chi connectivity index (χ2n) is 5.57. The van der Waals surface area contributed by atoms with Crippen LogP contribution in [0.15, 0.2) is 41.4 Å². The maximum atomic E-state index is 12.6. The summed E-state index contributed by atoms with van der Waals surface area (Å²) < 4.78 is 13.1. The van der Waals surface area contributed by atoms with E-state index in [9.17, 15) is 14.9 Å². The maximum Gasteiger partial charge on any atom is 0.279 e. The van der Waals surface area contributed by atoms with Gasteiger partial charge in [-0.1, -0.05) is 23.3 Å². The zero-order chi connectivity index (χ0) is 20.3. The fourth-order valence-electron chi connectivity index (χ4n) is 2.63. The minimum Gasteiger partial charge on any atom is -0.493 e. The van der Waals surface area contributed by atoms with Gasteiger partial charge in [-0.2, -0.15) is 4.99 Å². The van der Waals surface area contributed by atoms with E-state index in [1.165, 1.54) is 49.8 Å². The number of ether oxygens (including phenoxy) is 2. The molecular formula is C19H15N3O5S. The summed E-state index contributed by atoms with van der Waals surface area (Å²) in [5, 5.41) is 10.9. The number of amides is 1. The predicted molar refractivity (Wildman–Crippen MR) is 105 cm³/mol. The number of terminal acetylenes is 1. The van der Waals surface area contributed by atoms with Crippen molar-refractivity contribution in [1.82, 2.24) is 4.57 Å². The van der Waals surface area contributed by atoms with E-state index in [0.717, 1.165) is 10.2 Å². The SMILES string of the molecule is C#CCn1c(=NC(=O)c2cccc([N+](=O)[O-])c2)sc2cc(OC)c(OC)cc21. The first-order valence-corrected chi connectivity index (χ1v) is 8.82. The van der Waals surface area contributed by atoms with Crippen LogP contribution >= 0.6 is 11.3 Å². The fraction of sp³-hybridized carbons (Fsp3) is 0.158. The van der Waals surface area contributed by atoms with Crippen LogP contribution in [0.4, 0.5) is 5.69 Å². The van der Waals surface area contributed by atoms with Crippen LogP contribution in [0, 0.1) is 22.5 Å². The lowest BCUT2D eigenvalue weighted by Gasteiger charge is -2.08. The summed E-state index contributed by atoms with van der Waals surface area (Å²) in [5.74, 6) is 3.01. The van der Waals surface area contributed by atoms with Crippen LogP contribution in [0.2, 0.25) is 0 Å². The molecule has 0 aliphatic heterocycles. The third-order valence-corrected chi connectivity index (χ3v) is 4.98. The Morgan fingerprint density at radius 3 is 2.64 bits per heavy atom. The Morgan fingerprint density at radius 1 is 1.29 bits per heavy atom. The molecule has 3 rings (SSSR count). The molecule has 28 heavy (non-hydrogen) atoms. The molecule has 0 spiro atoms. The lowest BCUT2D eigenvalue weighted by Crippen LogP contribution is -2.16. The molecule has 2 aromatic carbocycles. The molecule has 0 N–H and O–H groups in total. The van der Waals surface area contributed by atoms with Crippen molar-refractivity contribution in [3.8, 4) is 23.8 Å². The number of fused-ring (bicyclic) bond motifs is 1.